The third-order valence-corrected chi connectivity index (χ3v) is 6.67. The van der Waals surface area contributed by atoms with Crippen LogP contribution in [0.3, 0.4) is 0 Å². The molecule has 2 heterocycles. The number of piperidine rings is 1. The molecule has 1 saturated heterocycles. The van der Waals surface area contributed by atoms with E-state index in [1.54, 1.807) is 0 Å². The Hall–Kier alpha value is -0.750. The Morgan fingerprint density at radius 3 is 2.56 bits per heavy atom. The lowest BCUT2D eigenvalue weighted by Gasteiger charge is -2.34. The van der Waals surface area contributed by atoms with Gasteiger partial charge in [0.2, 0.25) is 0 Å². The number of hydrogen-bond acceptors (Lipinski definition) is 3. The van der Waals surface area contributed by atoms with E-state index in [0.717, 1.165) is 43.2 Å². The molecule has 2 aliphatic rings. The molecule has 5 heteroatoms. The molecule has 1 aromatic carbocycles. The zero-order chi connectivity index (χ0) is 17.6. The highest BCUT2D eigenvalue weighted by atomic mass is 79.9. The second-order valence-corrected chi connectivity index (χ2v) is 9.06. The van der Waals surface area contributed by atoms with Crippen LogP contribution in [0.2, 0.25) is 0 Å². The van der Waals surface area contributed by atoms with Crippen molar-refractivity contribution < 1.29 is 5.21 Å². The molecule has 1 fully saturated rings. The van der Waals surface area contributed by atoms with Crippen molar-refractivity contribution in [3.05, 3.63) is 61.3 Å². The summed E-state index contributed by atoms with van der Waals surface area (Å²) >= 11 is 7.45. The topological polar surface area (TPSA) is 36.4 Å². The highest BCUT2D eigenvalue weighted by molar-refractivity contribution is 9.10. The third kappa shape index (κ3) is 3.44. The number of fused-ring (bicyclic) bond motifs is 2. The van der Waals surface area contributed by atoms with Crippen molar-refractivity contribution in [1.82, 2.24) is 10.0 Å². The monoisotopic (exact) mass is 464 g/mol. The fourth-order valence-electron chi connectivity index (χ4n) is 4.44. The molecule has 0 amide bonds. The molecule has 0 radical (unpaired) electrons. The average molecular weight is 466 g/mol. The van der Waals surface area contributed by atoms with Gasteiger partial charge < -0.3 is 5.21 Å². The van der Waals surface area contributed by atoms with Crippen LogP contribution in [-0.2, 0) is 12.8 Å². The van der Waals surface area contributed by atoms with Gasteiger partial charge in [-0.1, -0.05) is 22.0 Å². The lowest BCUT2D eigenvalue weighted by Crippen LogP contribution is -2.34. The standard InChI is InChI=1S/C20H22Br2N2O/c1-12-8-14-2-3-15-10-16(21)11-23-20(15)19(18(14)17(22)9-12)13-4-6-24(25)7-5-13/h8-11,13,19,25H,2-7H2,1H3/t19-/m1/s1. The van der Waals surface area contributed by atoms with Gasteiger partial charge in [-0.15, -0.1) is 0 Å². The summed E-state index contributed by atoms with van der Waals surface area (Å²) in [5.74, 6) is 0.802. The van der Waals surface area contributed by atoms with Crippen LogP contribution in [0.5, 0.6) is 0 Å². The van der Waals surface area contributed by atoms with Gasteiger partial charge in [-0.3, -0.25) is 4.98 Å². The zero-order valence-electron chi connectivity index (χ0n) is 14.3. The van der Waals surface area contributed by atoms with E-state index in [9.17, 15) is 5.21 Å². The smallest absolute Gasteiger partial charge is 0.0514 e. The lowest BCUT2D eigenvalue weighted by atomic mass is 9.76. The van der Waals surface area contributed by atoms with Crippen molar-refractivity contribution in [2.45, 2.75) is 38.5 Å². The molecule has 1 atom stereocenters. The van der Waals surface area contributed by atoms with E-state index in [-0.39, 0.29) is 0 Å². The molecule has 4 rings (SSSR count). The number of nitrogens with zero attached hydrogens (tertiary/aromatic N) is 2. The van der Waals surface area contributed by atoms with Gasteiger partial charge in [0.05, 0.1) is 5.69 Å². The fourth-order valence-corrected chi connectivity index (χ4v) is 5.68. The molecule has 2 aromatic rings. The van der Waals surface area contributed by atoms with Crippen LogP contribution in [0.1, 0.15) is 46.7 Å². The first-order chi connectivity index (χ1) is 12.0. The molecule has 1 aromatic heterocycles. The highest BCUT2D eigenvalue weighted by Crippen LogP contribution is 2.45. The van der Waals surface area contributed by atoms with E-state index in [0.29, 0.717) is 11.8 Å². The second kappa shape index (κ2) is 7.10. The summed E-state index contributed by atoms with van der Waals surface area (Å²) in [6, 6.07) is 6.81. The number of benzene rings is 1. The first kappa shape index (κ1) is 17.7. The number of halogens is 2. The van der Waals surface area contributed by atoms with Crippen LogP contribution in [0.15, 0.2) is 33.3 Å². The van der Waals surface area contributed by atoms with Gasteiger partial charge in [0.25, 0.3) is 0 Å². The molecule has 132 valence electrons. The van der Waals surface area contributed by atoms with Gasteiger partial charge in [0.15, 0.2) is 0 Å². The van der Waals surface area contributed by atoms with Crippen molar-refractivity contribution in [3.8, 4) is 0 Å². The number of hydrogen-bond donors (Lipinski definition) is 1. The highest BCUT2D eigenvalue weighted by Gasteiger charge is 2.35. The summed E-state index contributed by atoms with van der Waals surface area (Å²) in [4.78, 5) is 4.87. The Bertz CT molecular complexity index is 801. The van der Waals surface area contributed by atoms with Crippen molar-refractivity contribution in [3.63, 3.8) is 0 Å². The molecular formula is C20H22Br2N2O. The molecule has 1 aliphatic heterocycles. The molecule has 0 spiro atoms. The minimum Gasteiger partial charge on any atom is -0.314 e. The fraction of sp³-hybridized carbons (Fsp3) is 0.450. The largest absolute Gasteiger partial charge is 0.314 e. The Labute approximate surface area is 165 Å². The minimum atomic E-state index is 0.296. The summed E-state index contributed by atoms with van der Waals surface area (Å²) in [5, 5.41) is 11.3. The molecule has 25 heavy (non-hydrogen) atoms. The van der Waals surface area contributed by atoms with Crippen LogP contribution >= 0.6 is 31.9 Å². The first-order valence-corrected chi connectivity index (χ1v) is 10.5. The minimum absolute atomic E-state index is 0.296. The SMILES string of the molecule is Cc1cc(Br)c2c(c1)CCc1cc(Br)cnc1[C@@H]2C1CCN(O)CC1. The number of aromatic nitrogens is 1. The molecule has 1 N–H and O–H groups in total. The number of hydroxylamine groups is 2. The summed E-state index contributed by atoms with van der Waals surface area (Å²) < 4.78 is 2.26. The number of aryl methyl sites for hydroxylation is 3. The molecule has 3 nitrogen and oxygen atoms in total. The summed E-state index contributed by atoms with van der Waals surface area (Å²) in [5.41, 5.74) is 6.73. The van der Waals surface area contributed by atoms with E-state index in [1.807, 2.05) is 6.20 Å². The van der Waals surface area contributed by atoms with Crippen molar-refractivity contribution in [2.75, 3.05) is 13.1 Å². The van der Waals surface area contributed by atoms with Crippen LogP contribution < -0.4 is 0 Å². The maximum absolute atomic E-state index is 9.80. The van der Waals surface area contributed by atoms with Crippen LogP contribution in [0.25, 0.3) is 0 Å². The third-order valence-electron chi connectivity index (χ3n) is 5.58. The Morgan fingerprint density at radius 1 is 1.08 bits per heavy atom. The second-order valence-electron chi connectivity index (χ2n) is 7.29. The predicted molar refractivity (Wildman–Crippen MR) is 106 cm³/mol. The molecule has 0 saturated carbocycles. The van der Waals surface area contributed by atoms with Crippen LogP contribution in [0, 0.1) is 12.8 Å². The predicted octanol–water partition coefficient (Wildman–Crippen LogP) is 5.25. The van der Waals surface area contributed by atoms with Gasteiger partial charge in [-0.2, -0.15) is 5.06 Å². The van der Waals surface area contributed by atoms with Gasteiger partial charge in [0, 0.05) is 34.1 Å². The Morgan fingerprint density at radius 2 is 1.80 bits per heavy atom. The Balaban J connectivity index is 1.87. The normalized spacial score (nSPS) is 21.5. The number of pyridine rings is 1. The van der Waals surface area contributed by atoms with Gasteiger partial charge in [-0.05, 0) is 88.8 Å². The molecule has 1 aliphatic carbocycles. The van der Waals surface area contributed by atoms with Crippen LogP contribution in [-0.4, -0.2) is 28.3 Å². The lowest BCUT2D eigenvalue weighted by molar-refractivity contribution is -0.113. The van der Waals surface area contributed by atoms with Gasteiger partial charge in [-0.25, -0.2) is 0 Å². The summed E-state index contributed by atoms with van der Waals surface area (Å²) in [6.07, 6.45) is 6.01. The van der Waals surface area contributed by atoms with E-state index >= 15 is 0 Å². The molecular weight excluding hydrogens is 444 g/mol. The van der Waals surface area contributed by atoms with Crippen LogP contribution in [0.4, 0.5) is 0 Å². The summed E-state index contributed by atoms with van der Waals surface area (Å²) in [6.45, 7) is 3.65. The van der Waals surface area contributed by atoms with Crippen molar-refractivity contribution in [1.29, 1.82) is 0 Å². The van der Waals surface area contributed by atoms with E-state index in [1.165, 1.54) is 37.5 Å². The van der Waals surface area contributed by atoms with Crippen molar-refractivity contribution in [2.24, 2.45) is 5.92 Å². The maximum Gasteiger partial charge on any atom is 0.0514 e. The quantitative estimate of drug-likeness (QED) is 0.624. The van der Waals surface area contributed by atoms with Gasteiger partial charge >= 0.3 is 0 Å². The number of rotatable bonds is 1. The van der Waals surface area contributed by atoms with Crippen molar-refractivity contribution >= 4 is 31.9 Å². The average Bonchev–Trinajstić information content (AvgIpc) is 2.72. The van der Waals surface area contributed by atoms with E-state index in [2.05, 4.69) is 57.0 Å². The van der Waals surface area contributed by atoms with E-state index < -0.39 is 0 Å². The zero-order valence-corrected chi connectivity index (χ0v) is 17.5. The van der Waals surface area contributed by atoms with E-state index in [4.69, 9.17) is 4.98 Å². The first-order valence-electron chi connectivity index (χ1n) is 8.90. The molecule has 0 bridgehead atoms. The molecule has 0 unspecified atom stereocenters. The summed E-state index contributed by atoms with van der Waals surface area (Å²) in [7, 11) is 0. The van der Waals surface area contributed by atoms with Gasteiger partial charge in [0.1, 0.15) is 0 Å². The maximum atomic E-state index is 9.80. The Kier molecular flexibility index (Phi) is 5.02.